The number of methoxy groups -OCH3 is 1. The summed E-state index contributed by atoms with van der Waals surface area (Å²) in [4.78, 5) is 0.294. The van der Waals surface area contributed by atoms with Crippen molar-refractivity contribution < 1.29 is 13.2 Å². The molecule has 4 nitrogen and oxygen atoms in total. The SMILES string of the molecule is COc1ccc(CCNS(=O)(=O)c2ccc(C(C)C)cc2)cc1Br. The third kappa shape index (κ3) is 4.82. The molecule has 2 rings (SSSR count). The topological polar surface area (TPSA) is 55.4 Å². The van der Waals surface area contributed by atoms with Gasteiger partial charge in [0.2, 0.25) is 10.0 Å². The lowest BCUT2D eigenvalue weighted by molar-refractivity contribution is 0.412. The number of sulfonamides is 1. The highest BCUT2D eigenvalue weighted by Crippen LogP contribution is 2.25. The quantitative estimate of drug-likeness (QED) is 0.745. The highest BCUT2D eigenvalue weighted by molar-refractivity contribution is 9.10. The van der Waals surface area contributed by atoms with Gasteiger partial charge in [0.05, 0.1) is 16.5 Å². The fourth-order valence-corrected chi connectivity index (χ4v) is 3.93. The van der Waals surface area contributed by atoms with Gasteiger partial charge in [0.15, 0.2) is 0 Å². The van der Waals surface area contributed by atoms with Gasteiger partial charge in [0, 0.05) is 6.54 Å². The van der Waals surface area contributed by atoms with Gasteiger partial charge in [-0.1, -0.05) is 32.0 Å². The average Bonchev–Trinajstić information content (AvgIpc) is 2.55. The summed E-state index contributed by atoms with van der Waals surface area (Å²) >= 11 is 3.43. The Bertz CT molecular complexity index is 786. The van der Waals surface area contributed by atoms with E-state index < -0.39 is 10.0 Å². The van der Waals surface area contributed by atoms with Gasteiger partial charge in [-0.05, 0) is 63.7 Å². The van der Waals surface area contributed by atoms with E-state index in [2.05, 4.69) is 34.5 Å². The standard InChI is InChI=1S/C18H22BrNO3S/c1-13(2)15-5-7-16(8-6-15)24(21,22)20-11-10-14-4-9-18(23-3)17(19)12-14/h4-9,12-13,20H,10-11H2,1-3H3. The van der Waals surface area contributed by atoms with Crippen LogP contribution in [0.4, 0.5) is 0 Å². The van der Waals surface area contributed by atoms with Crippen molar-refractivity contribution >= 4 is 26.0 Å². The predicted octanol–water partition coefficient (Wildman–Crippen LogP) is 4.10. The van der Waals surface area contributed by atoms with E-state index in [9.17, 15) is 8.42 Å². The lowest BCUT2D eigenvalue weighted by atomic mass is 10.0. The Morgan fingerprint density at radius 3 is 2.33 bits per heavy atom. The Balaban J connectivity index is 1.98. The van der Waals surface area contributed by atoms with Crippen molar-refractivity contribution in [1.29, 1.82) is 0 Å². The molecule has 0 saturated carbocycles. The summed E-state index contributed by atoms with van der Waals surface area (Å²) < 4.78 is 33.3. The number of halogens is 1. The minimum Gasteiger partial charge on any atom is -0.496 e. The first-order valence-electron chi connectivity index (χ1n) is 7.75. The largest absolute Gasteiger partial charge is 0.496 e. The Hall–Kier alpha value is -1.37. The summed E-state index contributed by atoms with van der Waals surface area (Å²) in [7, 11) is -1.87. The summed E-state index contributed by atoms with van der Waals surface area (Å²) in [5.74, 6) is 1.13. The molecule has 1 N–H and O–H groups in total. The number of benzene rings is 2. The van der Waals surface area contributed by atoms with Crippen LogP contribution in [0.5, 0.6) is 5.75 Å². The van der Waals surface area contributed by atoms with Crippen molar-refractivity contribution in [3.8, 4) is 5.75 Å². The van der Waals surface area contributed by atoms with E-state index >= 15 is 0 Å². The summed E-state index contributed by atoms with van der Waals surface area (Å²) in [5, 5.41) is 0. The Kier molecular flexibility index (Phi) is 6.43. The zero-order chi connectivity index (χ0) is 17.7. The van der Waals surface area contributed by atoms with Gasteiger partial charge in [-0.3, -0.25) is 0 Å². The molecule has 6 heteroatoms. The number of rotatable bonds is 7. The summed E-state index contributed by atoms with van der Waals surface area (Å²) in [6.45, 7) is 4.50. The number of ether oxygens (including phenoxy) is 1. The van der Waals surface area contributed by atoms with Crippen LogP contribution in [-0.2, 0) is 16.4 Å². The first-order valence-corrected chi connectivity index (χ1v) is 10.0. The molecule has 0 atom stereocenters. The maximum absolute atomic E-state index is 12.3. The molecule has 2 aromatic carbocycles. The molecule has 0 fully saturated rings. The summed E-state index contributed by atoms with van der Waals surface area (Å²) in [6, 6.07) is 12.8. The van der Waals surface area contributed by atoms with E-state index in [1.807, 2.05) is 30.3 Å². The highest BCUT2D eigenvalue weighted by Gasteiger charge is 2.13. The second-order valence-electron chi connectivity index (χ2n) is 5.84. The summed E-state index contributed by atoms with van der Waals surface area (Å²) in [6.07, 6.45) is 0.603. The predicted molar refractivity (Wildman–Crippen MR) is 100 cm³/mol. The molecule has 130 valence electrons. The molecular weight excluding hydrogens is 390 g/mol. The number of hydrogen-bond donors (Lipinski definition) is 1. The van der Waals surface area contributed by atoms with E-state index in [4.69, 9.17) is 4.74 Å². The van der Waals surface area contributed by atoms with Gasteiger partial charge < -0.3 is 4.74 Å². The Morgan fingerprint density at radius 2 is 1.79 bits per heavy atom. The number of hydrogen-bond acceptors (Lipinski definition) is 3. The molecule has 0 aliphatic rings. The molecule has 0 aliphatic carbocycles. The van der Waals surface area contributed by atoms with E-state index in [1.165, 1.54) is 0 Å². The van der Waals surface area contributed by atoms with Crippen LogP contribution >= 0.6 is 15.9 Å². The lowest BCUT2D eigenvalue weighted by Gasteiger charge is -2.10. The summed E-state index contributed by atoms with van der Waals surface area (Å²) in [5.41, 5.74) is 2.15. The lowest BCUT2D eigenvalue weighted by Crippen LogP contribution is -2.26. The fourth-order valence-electron chi connectivity index (χ4n) is 2.31. The molecule has 0 spiro atoms. The van der Waals surface area contributed by atoms with Crippen LogP contribution in [0.25, 0.3) is 0 Å². The third-order valence-electron chi connectivity index (χ3n) is 3.78. The second kappa shape index (κ2) is 8.14. The Labute approximate surface area is 152 Å². The average molecular weight is 412 g/mol. The van der Waals surface area contributed by atoms with E-state index in [0.717, 1.165) is 21.3 Å². The molecule has 0 aliphatic heterocycles. The van der Waals surface area contributed by atoms with Crippen LogP contribution in [0.3, 0.4) is 0 Å². The smallest absolute Gasteiger partial charge is 0.240 e. The monoisotopic (exact) mass is 411 g/mol. The maximum Gasteiger partial charge on any atom is 0.240 e. The van der Waals surface area contributed by atoms with Crippen LogP contribution in [0.15, 0.2) is 51.8 Å². The van der Waals surface area contributed by atoms with Crippen molar-refractivity contribution in [2.24, 2.45) is 0 Å². The van der Waals surface area contributed by atoms with E-state index in [0.29, 0.717) is 23.8 Å². The minimum absolute atomic E-state index is 0.294. The van der Waals surface area contributed by atoms with Crippen LogP contribution < -0.4 is 9.46 Å². The van der Waals surface area contributed by atoms with Crippen molar-refractivity contribution in [2.75, 3.05) is 13.7 Å². The normalized spacial score (nSPS) is 11.7. The second-order valence-corrected chi connectivity index (χ2v) is 8.46. The van der Waals surface area contributed by atoms with Crippen LogP contribution in [0, 0.1) is 0 Å². The minimum atomic E-state index is -3.48. The van der Waals surface area contributed by atoms with Gasteiger partial charge >= 0.3 is 0 Å². The molecule has 0 heterocycles. The van der Waals surface area contributed by atoms with Crippen molar-refractivity contribution in [3.05, 3.63) is 58.1 Å². The van der Waals surface area contributed by atoms with Gasteiger partial charge in [0.25, 0.3) is 0 Å². The number of nitrogens with one attached hydrogen (secondary N) is 1. The first-order chi connectivity index (χ1) is 11.3. The fraction of sp³-hybridized carbons (Fsp3) is 0.333. The molecule has 0 radical (unpaired) electrons. The highest BCUT2D eigenvalue weighted by atomic mass is 79.9. The van der Waals surface area contributed by atoms with Gasteiger partial charge in [0.1, 0.15) is 5.75 Å². The molecule has 0 aromatic heterocycles. The van der Waals surface area contributed by atoms with Crippen molar-refractivity contribution in [1.82, 2.24) is 4.72 Å². The molecule has 24 heavy (non-hydrogen) atoms. The third-order valence-corrected chi connectivity index (χ3v) is 5.88. The van der Waals surface area contributed by atoms with Crippen LogP contribution in [0.1, 0.15) is 30.9 Å². The molecule has 0 saturated heterocycles. The van der Waals surface area contributed by atoms with Crippen molar-refractivity contribution in [2.45, 2.75) is 31.1 Å². The van der Waals surface area contributed by atoms with Gasteiger partial charge in [-0.2, -0.15) is 0 Å². The van der Waals surface area contributed by atoms with Crippen molar-refractivity contribution in [3.63, 3.8) is 0 Å². The van der Waals surface area contributed by atoms with E-state index in [1.54, 1.807) is 19.2 Å². The zero-order valence-corrected chi connectivity index (χ0v) is 16.4. The molecule has 0 unspecified atom stereocenters. The van der Waals surface area contributed by atoms with Gasteiger partial charge in [-0.25, -0.2) is 13.1 Å². The first kappa shape index (κ1) is 19.0. The molecule has 0 amide bonds. The molecule has 0 bridgehead atoms. The molecule has 2 aromatic rings. The van der Waals surface area contributed by atoms with Crippen LogP contribution in [-0.4, -0.2) is 22.1 Å². The van der Waals surface area contributed by atoms with Gasteiger partial charge in [-0.15, -0.1) is 0 Å². The molecular formula is C18H22BrNO3S. The van der Waals surface area contributed by atoms with Crippen LogP contribution in [0.2, 0.25) is 0 Å². The zero-order valence-electron chi connectivity index (χ0n) is 14.0. The Morgan fingerprint density at radius 1 is 1.12 bits per heavy atom. The van der Waals surface area contributed by atoms with E-state index in [-0.39, 0.29) is 0 Å². The maximum atomic E-state index is 12.3.